The molecule has 0 aliphatic heterocycles. The molecule has 0 atom stereocenters. The van der Waals surface area contributed by atoms with Gasteiger partial charge in [-0.3, -0.25) is 9.36 Å². The Morgan fingerprint density at radius 2 is 1.96 bits per heavy atom. The summed E-state index contributed by atoms with van der Waals surface area (Å²) in [4.78, 5) is 20.6. The molecule has 0 radical (unpaired) electrons. The molecule has 0 unspecified atom stereocenters. The first-order chi connectivity index (χ1) is 12.1. The topological polar surface area (TPSA) is 34.9 Å². The van der Waals surface area contributed by atoms with Crippen LogP contribution in [-0.4, -0.2) is 14.8 Å². The highest BCUT2D eigenvalue weighted by Crippen LogP contribution is 2.35. The van der Waals surface area contributed by atoms with E-state index in [0.29, 0.717) is 11.8 Å². The molecule has 4 rings (SSSR count). The van der Waals surface area contributed by atoms with Gasteiger partial charge in [0.05, 0.1) is 11.9 Å². The van der Waals surface area contributed by atoms with Gasteiger partial charge in [-0.25, -0.2) is 4.98 Å². The Morgan fingerprint density at radius 3 is 2.72 bits per heavy atom. The quantitative estimate of drug-likeness (QED) is 0.485. The molecule has 1 aliphatic rings. The van der Waals surface area contributed by atoms with E-state index in [0.717, 1.165) is 33.8 Å². The van der Waals surface area contributed by atoms with Gasteiger partial charge in [0.2, 0.25) is 0 Å². The molecule has 0 saturated carbocycles. The van der Waals surface area contributed by atoms with Crippen LogP contribution in [0.5, 0.6) is 0 Å². The first-order valence-corrected chi connectivity index (χ1v) is 10.6. The minimum absolute atomic E-state index is 0.136. The Morgan fingerprint density at radius 1 is 1.20 bits per heavy atom. The zero-order valence-electron chi connectivity index (χ0n) is 14.6. The minimum Gasteiger partial charge on any atom is -0.283 e. The molecule has 25 heavy (non-hydrogen) atoms. The van der Waals surface area contributed by atoms with E-state index >= 15 is 0 Å². The second-order valence-corrected chi connectivity index (χ2v) is 9.46. The third kappa shape index (κ3) is 3.27. The molecule has 130 valence electrons. The van der Waals surface area contributed by atoms with Crippen LogP contribution in [0.1, 0.15) is 42.7 Å². The molecule has 1 aliphatic carbocycles. The summed E-state index contributed by atoms with van der Waals surface area (Å²) in [6.45, 7) is 4.88. The summed E-state index contributed by atoms with van der Waals surface area (Å²) in [7, 11) is 0. The summed E-state index contributed by atoms with van der Waals surface area (Å²) >= 11 is 3.41. The number of benzene rings is 1. The second-order valence-electron chi connectivity index (χ2n) is 6.83. The summed E-state index contributed by atoms with van der Waals surface area (Å²) in [5.74, 6) is 0. The van der Waals surface area contributed by atoms with Crippen molar-refractivity contribution in [1.82, 2.24) is 9.55 Å². The van der Waals surface area contributed by atoms with Crippen molar-refractivity contribution in [2.24, 2.45) is 0 Å². The molecule has 0 N–H and O–H groups in total. The number of hydrogen-bond donors (Lipinski definition) is 0. The lowest BCUT2D eigenvalue weighted by atomic mass is 9.97. The van der Waals surface area contributed by atoms with Gasteiger partial charge in [-0.1, -0.05) is 55.9 Å². The molecule has 0 spiro atoms. The summed E-state index contributed by atoms with van der Waals surface area (Å²) in [6.07, 6.45) is 4.53. The van der Waals surface area contributed by atoms with Gasteiger partial charge >= 0.3 is 0 Å². The lowest BCUT2D eigenvalue weighted by Crippen LogP contribution is -2.24. The van der Waals surface area contributed by atoms with Crippen molar-refractivity contribution in [3.05, 3.63) is 56.7 Å². The number of thioether (sulfide) groups is 1. The van der Waals surface area contributed by atoms with Gasteiger partial charge in [0.25, 0.3) is 5.56 Å². The smallest absolute Gasteiger partial charge is 0.263 e. The molecule has 1 aromatic carbocycles. The number of thiophene rings is 1. The van der Waals surface area contributed by atoms with Crippen LogP contribution in [0.2, 0.25) is 0 Å². The first kappa shape index (κ1) is 16.9. The number of hydrogen-bond acceptors (Lipinski definition) is 4. The first-order valence-electron chi connectivity index (χ1n) is 8.89. The van der Waals surface area contributed by atoms with Gasteiger partial charge in [0, 0.05) is 10.1 Å². The molecule has 0 saturated heterocycles. The Bertz CT molecular complexity index is 957. The summed E-state index contributed by atoms with van der Waals surface area (Å²) in [6, 6.07) is 10.2. The van der Waals surface area contributed by atoms with Gasteiger partial charge in [0.1, 0.15) is 4.83 Å². The van der Waals surface area contributed by atoms with Crippen LogP contribution in [0, 0.1) is 0 Å². The van der Waals surface area contributed by atoms with Crippen LogP contribution in [-0.2, 0) is 19.4 Å². The minimum atomic E-state index is 0.136. The van der Waals surface area contributed by atoms with E-state index in [1.807, 2.05) is 22.8 Å². The molecule has 0 bridgehead atoms. The number of rotatable bonds is 4. The lowest BCUT2D eigenvalue weighted by molar-refractivity contribution is 0.655. The van der Waals surface area contributed by atoms with E-state index in [-0.39, 0.29) is 5.56 Å². The number of fused-ring (bicyclic) bond motifs is 3. The van der Waals surface area contributed by atoms with E-state index in [1.165, 1.54) is 23.3 Å². The van der Waals surface area contributed by atoms with Crippen LogP contribution in [0.3, 0.4) is 0 Å². The summed E-state index contributed by atoms with van der Waals surface area (Å²) in [5, 5.41) is 2.11. The average Bonchev–Trinajstić information content (AvgIpc) is 2.97. The fourth-order valence-corrected chi connectivity index (χ4v) is 5.58. The van der Waals surface area contributed by atoms with Crippen LogP contribution in [0.4, 0.5) is 0 Å². The molecule has 5 heteroatoms. The SMILES string of the molecule is CC(C)Sc1nc2sc3c(c2c(=O)n1Cc1ccccc1)CCCC3. The molecular weight excluding hydrogens is 348 g/mol. The maximum absolute atomic E-state index is 13.4. The van der Waals surface area contributed by atoms with Crippen molar-refractivity contribution in [2.75, 3.05) is 0 Å². The zero-order chi connectivity index (χ0) is 17.4. The predicted octanol–water partition coefficient (Wildman–Crippen LogP) is 4.89. The molecule has 2 heterocycles. The van der Waals surface area contributed by atoms with Crippen LogP contribution in [0.15, 0.2) is 40.3 Å². The fourth-order valence-electron chi connectivity index (χ4n) is 3.43. The Hall–Kier alpha value is -1.59. The van der Waals surface area contributed by atoms with Crippen LogP contribution in [0.25, 0.3) is 10.2 Å². The van der Waals surface area contributed by atoms with Crippen molar-refractivity contribution < 1.29 is 0 Å². The monoisotopic (exact) mass is 370 g/mol. The van der Waals surface area contributed by atoms with E-state index in [4.69, 9.17) is 4.98 Å². The van der Waals surface area contributed by atoms with E-state index in [2.05, 4.69) is 26.0 Å². The zero-order valence-corrected chi connectivity index (χ0v) is 16.3. The number of aryl methyl sites for hydroxylation is 2. The van der Waals surface area contributed by atoms with Gasteiger partial charge < -0.3 is 0 Å². The maximum Gasteiger partial charge on any atom is 0.263 e. The molecule has 0 fully saturated rings. The van der Waals surface area contributed by atoms with Gasteiger partial charge in [0.15, 0.2) is 5.16 Å². The molecule has 2 aromatic heterocycles. The standard InChI is InChI=1S/C20H22N2OS2/c1-13(2)24-20-21-18-17(15-10-6-7-11-16(15)25-18)19(23)22(20)12-14-8-4-3-5-9-14/h3-5,8-9,13H,6-7,10-12H2,1-2H3. The van der Waals surface area contributed by atoms with Gasteiger partial charge in [-0.05, 0) is 36.8 Å². The Kier molecular flexibility index (Phi) is 4.69. The van der Waals surface area contributed by atoms with E-state index < -0.39 is 0 Å². The highest BCUT2D eigenvalue weighted by atomic mass is 32.2. The summed E-state index contributed by atoms with van der Waals surface area (Å²) in [5.41, 5.74) is 2.54. The van der Waals surface area contributed by atoms with E-state index in [9.17, 15) is 4.79 Å². The van der Waals surface area contributed by atoms with Crippen molar-refractivity contribution in [3.63, 3.8) is 0 Å². The van der Waals surface area contributed by atoms with Crippen molar-refractivity contribution in [1.29, 1.82) is 0 Å². The van der Waals surface area contributed by atoms with Crippen molar-refractivity contribution in [2.45, 2.75) is 56.5 Å². The van der Waals surface area contributed by atoms with Crippen molar-refractivity contribution >= 4 is 33.3 Å². The van der Waals surface area contributed by atoms with Crippen LogP contribution < -0.4 is 5.56 Å². The third-order valence-electron chi connectivity index (χ3n) is 4.56. The fraction of sp³-hybridized carbons (Fsp3) is 0.400. The molecule has 0 amide bonds. The molecule has 3 aromatic rings. The van der Waals surface area contributed by atoms with Gasteiger partial charge in [-0.15, -0.1) is 11.3 Å². The molecule has 3 nitrogen and oxygen atoms in total. The van der Waals surface area contributed by atoms with Crippen LogP contribution >= 0.6 is 23.1 Å². The van der Waals surface area contributed by atoms with Gasteiger partial charge in [-0.2, -0.15) is 0 Å². The second kappa shape index (κ2) is 6.96. The Labute approximate surface area is 156 Å². The maximum atomic E-state index is 13.4. The normalized spacial score (nSPS) is 14.2. The highest BCUT2D eigenvalue weighted by molar-refractivity contribution is 7.99. The van der Waals surface area contributed by atoms with Crippen molar-refractivity contribution in [3.8, 4) is 0 Å². The highest BCUT2D eigenvalue weighted by Gasteiger charge is 2.22. The Balaban J connectivity index is 1.91. The molecular formula is C20H22N2OS2. The van der Waals surface area contributed by atoms with E-state index in [1.54, 1.807) is 23.1 Å². The summed E-state index contributed by atoms with van der Waals surface area (Å²) < 4.78 is 1.88. The third-order valence-corrected chi connectivity index (χ3v) is 6.74. The largest absolute Gasteiger partial charge is 0.283 e. The predicted molar refractivity (Wildman–Crippen MR) is 107 cm³/mol. The number of aromatic nitrogens is 2. The average molecular weight is 371 g/mol. The number of nitrogens with zero attached hydrogens (tertiary/aromatic N) is 2. The lowest BCUT2D eigenvalue weighted by Gasteiger charge is -2.14.